The first-order valence-corrected chi connectivity index (χ1v) is 7.21. The number of carbonyl (C=O) groups is 1. The van der Waals surface area contributed by atoms with Crippen molar-refractivity contribution in [1.82, 2.24) is 10.3 Å². The molecule has 0 aliphatic heterocycles. The maximum absolute atomic E-state index is 12.8. The Morgan fingerprint density at radius 2 is 2.00 bits per heavy atom. The van der Waals surface area contributed by atoms with E-state index < -0.39 is 35.3 Å². The zero-order chi connectivity index (χ0) is 17.5. The van der Waals surface area contributed by atoms with Gasteiger partial charge < -0.3 is 16.0 Å². The highest BCUT2D eigenvalue weighted by atomic mass is 19.4. The van der Waals surface area contributed by atoms with Gasteiger partial charge in [-0.15, -0.1) is 0 Å². The van der Waals surface area contributed by atoms with Crippen molar-refractivity contribution in [3.63, 3.8) is 0 Å². The normalized spacial score (nSPS) is 19.8. The summed E-state index contributed by atoms with van der Waals surface area (Å²) in [7, 11) is 0. The molecule has 1 aliphatic carbocycles. The molecule has 1 aliphatic rings. The quantitative estimate of drug-likeness (QED) is 0.780. The predicted molar refractivity (Wildman–Crippen MR) is 80.4 cm³/mol. The van der Waals surface area contributed by atoms with E-state index in [0.717, 1.165) is 17.3 Å². The molecule has 1 aromatic carbocycles. The fourth-order valence-electron chi connectivity index (χ4n) is 2.84. The Bertz CT molecular complexity index is 845. The van der Waals surface area contributed by atoms with Gasteiger partial charge in [0.05, 0.1) is 17.6 Å². The maximum Gasteiger partial charge on any atom is 0.421 e. The molecule has 1 heterocycles. The van der Waals surface area contributed by atoms with Gasteiger partial charge in [0, 0.05) is 6.20 Å². The smallest absolute Gasteiger partial charge is 0.347 e. The molecular formula is C16H14F3N3O2. The molecule has 1 aromatic heterocycles. The minimum Gasteiger partial charge on any atom is -0.347 e. The summed E-state index contributed by atoms with van der Waals surface area (Å²) < 4.78 is 38.3. The van der Waals surface area contributed by atoms with E-state index in [9.17, 15) is 22.8 Å². The number of benzene rings is 1. The van der Waals surface area contributed by atoms with Gasteiger partial charge in [-0.3, -0.25) is 9.59 Å². The van der Waals surface area contributed by atoms with Gasteiger partial charge in [-0.05, 0) is 23.6 Å². The second-order valence-electron chi connectivity index (χ2n) is 5.64. The predicted octanol–water partition coefficient (Wildman–Crippen LogP) is 1.75. The number of halogens is 3. The van der Waals surface area contributed by atoms with Crippen LogP contribution in [0, 0.1) is 0 Å². The lowest BCUT2D eigenvalue weighted by Gasteiger charge is -2.18. The number of aromatic nitrogens is 1. The zero-order valence-corrected chi connectivity index (χ0v) is 12.4. The number of hydrogen-bond donors (Lipinski definition) is 3. The van der Waals surface area contributed by atoms with Crippen LogP contribution in [-0.2, 0) is 12.6 Å². The van der Waals surface area contributed by atoms with E-state index in [1.54, 1.807) is 0 Å². The molecular weight excluding hydrogens is 323 g/mol. The molecule has 0 radical (unpaired) electrons. The SMILES string of the molecule is N[C@@H]1c2ccccc2C[C@H]1NC(=O)c1c[nH]c(=O)c(C(F)(F)F)c1. The number of rotatable bonds is 2. The number of pyridine rings is 1. The van der Waals surface area contributed by atoms with Crippen LogP contribution in [0.2, 0.25) is 0 Å². The van der Waals surface area contributed by atoms with E-state index in [0.29, 0.717) is 12.5 Å². The third-order valence-corrected chi connectivity index (χ3v) is 4.07. The number of H-pyrrole nitrogens is 1. The Labute approximate surface area is 134 Å². The van der Waals surface area contributed by atoms with Crippen molar-refractivity contribution >= 4 is 5.91 Å². The molecule has 2 aromatic rings. The number of nitrogens with one attached hydrogen (secondary N) is 2. The molecule has 4 N–H and O–H groups in total. The van der Waals surface area contributed by atoms with E-state index in [1.807, 2.05) is 29.2 Å². The standard InChI is InChI=1S/C16H14F3N3O2/c17-16(18,19)11-5-9(7-21-15(11)24)14(23)22-12-6-8-3-1-2-4-10(8)13(12)20/h1-5,7,12-13H,6,20H2,(H,21,24)(H,22,23)/t12-,13-/m1/s1. The fourth-order valence-corrected chi connectivity index (χ4v) is 2.84. The van der Waals surface area contributed by atoms with Crippen LogP contribution >= 0.6 is 0 Å². The average molecular weight is 337 g/mol. The molecule has 2 atom stereocenters. The van der Waals surface area contributed by atoms with Crippen LogP contribution in [0.3, 0.4) is 0 Å². The van der Waals surface area contributed by atoms with E-state index in [4.69, 9.17) is 5.73 Å². The summed E-state index contributed by atoms with van der Waals surface area (Å²) in [5.74, 6) is -0.718. The molecule has 5 nitrogen and oxygen atoms in total. The number of fused-ring (bicyclic) bond motifs is 1. The van der Waals surface area contributed by atoms with Crippen LogP contribution in [0.5, 0.6) is 0 Å². The number of amides is 1. The Balaban J connectivity index is 1.81. The number of hydrogen-bond acceptors (Lipinski definition) is 3. The molecule has 0 saturated carbocycles. The van der Waals surface area contributed by atoms with Gasteiger partial charge in [-0.25, -0.2) is 0 Å². The molecule has 0 spiro atoms. The first-order chi connectivity index (χ1) is 11.3. The second kappa shape index (κ2) is 5.79. The number of aromatic amines is 1. The van der Waals surface area contributed by atoms with Crippen LogP contribution in [-0.4, -0.2) is 16.9 Å². The second-order valence-corrected chi connectivity index (χ2v) is 5.64. The minimum atomic E-state index is -4.83. The van der Waals surface area contributed by atoms with Crippen molar-refractivity contribution < 1.29 is 18.0 Å². The third kappa shape index (κ3) is 2.92. The van der Waals surface area contributed by atoms with Crippen molar-refractivity contribution in [1.29, 1.82) is 0 Å². The average Bonchev–Trinajstić information content (AvgIpc) is 2.83. The highest BCUT2D eigenvalue weighted by Crippen LogP contribution is 2.30. The highest BCUT2D eigenvalue weighted by molar-refractivity contribution is 5.94. The van der Waals surface area contributed by atoms with Crippen molar-refractivity contribution in [2.24, 2.45) is 5.73 Å². The van der Waals surface area contributed by atoms with Crippen LogP contribution < -0.4 is 16.6 Å². The third-order valence-electron chi connectivity index (χ3n) is 4.07. The van der Waals surface area contributed by atoms with Crippen LogP contribution in [0.25, 0.3) is 0 Å². The van der Waals surface area contributed by atoms with E-state index in [-0.39, 0.29) is 5.56 Å². The lowest BCUT2D eigenvalue weighted by molar-refractivity contribution is -0.138. The summed E-state index contributed by atoms with van der Waals surface area (Å²) >= 11 is 0. The van der Waals surface area contributed by atoms with Gasteiger partial charge in [0.15, 0.2) is 0 Å². The van der Waals surface area contributed by atoms with E-state index in [1.165, 1.54) is 0 Å². The molecule has 1 amide bonds. The Kier molecular flexibility index (Phi) is 3.92. The van der Waals surface area contributed by atoms with Crippen molar-refractivity contribution in [3.05, 3.63) is 69.1 Å². The molecule has 0 unspecified atom stereocenters. The van der Waals surface area contributed by atoms with Crippen molar-refractivity contribution in [2.45, 2.75) is 24.7 Å². The molecule has 0 fully saturated rings. The molecule has 126 valence electrons. The number of nitrogens with two attached hydrogens (primary N) is 1. The summed E-state index contributed by atoms with van der Waals surface area (Å²) in [6.07, 6.45) is -3.37. The molecule has 3 rings (SSSR count). The molecule has 24 heavy (non-hydrogen) atoms. The first kappa shape index (κ1) is 16.3. The maximum atomic E-state index is 12.8. The van der Waals surface area contributed by atoms with Gasteiger partial charge in [-0.2, -0.15) is 13.2 Å². The lowest BCUT2D eigenvalue weighted by atomic mass is 10.1. The van der Waals surface area contributed by atoms with Gasteiger partial charge in [0.2, 0.25) is 0 Å². The lowest BCUT2D eigenvalue weighted by Crippen LogP contribution is -2.41. The van der Waals surface area contributed by atoms with E-state index in [2.05, 4.69) is 5.32 Å². The Morgan fingerprint density at radius 3 is 2.67 bits per heavy atom. The van der Waals surface area contributed by atoms with Gasteiger partial charge in [-0.1, -0.05) is 24.3 Å². The largest absolute Gasteiger partial charge is 0.421 e. The fraction of sp³-hybridized carbons (Fsp3) is 0.250. The van der Waals surface area contributed by atoms with Crippen LogP contribution in [0.1, 0.15) is 33.1 Å². The number of alkyl halides is 3. The molecule has 0 bridgehead atoms. The van der Waals surface area contributed by atoms with Gasteiger partial charge in [0.25, 0.3) is 11.5 Å². The minimum absolute atomic E-state index is 0.273. The summed E-state index contributed by atoms with van der Waals surface area (Å²) in [6.45, 7) is 0. The zero-order valence-electron chi connectivity index (χ0n) is 12.4. The highest BCUT2D eigenvalue weighted by Gasteiger charge is 2.35. The Morgan fingerprint density at radius 1 is 1.29 bits per heavy atom. The summed E-state index contributed by atoms with van der Waals surface area (Å²) in [5.41, 5.74) is 5.01. The number of carbonyl (C=O) groups excluding carboxylic acids is 1. The van der Waals surface area contributed by atoms with E-state index >= 15 is 0 Å². The van der Waals surface area contributed by atoms with Crippen molar-refractivity contribution in [2.75, 3.05) is 0 Å². The molecule has 8 heteroatoms. The topological polar surface area (TPSA) is 88.0 Å². The summed E-state index contributed by atoms with van der Waals surface area (Å²) in [4.78, 5) is 25.4. The van der Waals surface area contributed by atoms with Crippen molar-refractivity contribution in [3.8, 4) is 0 Å². The van der Waals surface area contributed by atoms with Gasteiger partial charge in [0.1, 0.15) is 5.56 Å². The molecule has 0 saturated heterocycles. The van der Waals surface area contributed by atoms with Crippen LogP contribution in [0.4, 0.5) is 13.2 Å². The first-order valence-electron chi connectivity index (χ1n) is 7.21. The summed E-state index contributed by atoms with van der Waals surface area (Å²) in [6, 6.07) is 7.12. The monoisotopic (exact) mass is 337 g/mol. The Hall–Kier alpha value is -2.61. The van der Waals surface area contributed by atoms with Crippen LogP contribution in [0.15, 0.2) is 41.3 Å². The van der Waals surface area contributed by atoms with Gasteiger partial charge >= 0.3 is 6.18 Å². The summed E-state index contributed by atoms with van der Waals surface area (Å²) in [5, 5.41) is 2.64.